The molecule has 2 fully saturated rings. The molecule has 1 nitrogen and oxygen atoms in total. The Hall–Kier alpha value is -0.0400. The van der Waals surface area contributed by atoms with E-state index in [1.165, 1.54) is 51.4 Å². The number of aliphatic hydroxyl groups excluding tert-OH is 1. The van der Waals surface area contributed by atoms with E-state index in [9.17, 15) is 5.11 Å². The van der Waals surface area contributed by atoms with Crippen LogP contribution in [-0.2, 0) is 0 Å². The summed E-state index contributed by atoms with van der Waals surface area (Å²) in [6.07, 6.45) is 13.5. The first-order valence-corrected chi connectivity index (χ1v) is 6.52. The van der Waals surface area contributed by atoms with Gasteiger partial charge in [0.2, 0.25) is 0 Å². The monoisotopic (exact) mass is 196 g/mol. The van der Waals surface area contributed by atoms with E-state index in [0.29, 0.717) is 0 Å². The predicted molar refractivity (Wildman–Crippen MR) is 59.2 cm³/mol. The highest BCUT2D eigenvalue weighted by Gasteiger charge is 2.27. The Labute approximate surface area is 87.9 Å². The Kier molecular flexibility index (Phi) is 3.86. The van der Waals surface area contributed by atoms with E-state index in [0.717, 1.165) is 24.7 Å². The lowest BCUT2D eigenvalue weighted by Gasteiger charge is -2.33. The van der Waals surface area contributed by atoms with Crippen molar-refractivity contribution in [2.24, 2.45) is 11.8 Å². The van der Waals surface area contributed by atoms with E-state index < -0.39 is 0 Å². The molecule has 0 aliphatic heterocycles. The lowest BCUT2D eigenvalue weighted by molar-refractivity contribution is 0.0613. The van der Waals surface area contributed by atoms with Crippen LogP contribution in [0.4, 0.5) is 0 Å². The highest BCUT2D eigenvalue weighted by atomic mass is 16.3. The molecule has 82 valence electrons. The number of aliphatic hydroxyl groups is 1. The molecule has 0 aromatic rings. The zero-order valence-corrected chi connectivity index (χ0v) is 9.25. The van der Waals surface area contributed by atoms with E-state index in [1.54, 1.807) is 0 Å². The van der Waals surface area contributed by atoms with Crippen molar-refractivity contribution in [3.05, 3.63) is 0 Å². The lowest BCUT2D eigenvalue weighted by Crippen LogP contribution is -2.26. The third kappa shape index (κ3) is 2.98. The number of hydrogen-bond donors (Lipinski definition) is 1. The van der Waals surface area contributed by atoms with Crippen LogP contribution in [0.15, 0.2) is 0 Å². The van der Waals surface area contributed by atoms with Crippen LogP contribution in [-0.4, -0.2) is 11.2 Å². The van der Waals surface area contributed by atoms with Gasteiger partial charge in [0, 0.05) is 0 Å². The Morgan fingerprint density at radius 3 is 1.71 bits per heavy atom. The van der Waals surface area contributed by atoms with Crippen LogP contribution in [0.2, 0.25) is 0 Å². The molecule has 2 rings (SSSR count). The number of hydrogen-bond acceptors (Lipinski definition) is 1. The lowest BCUT2D eigenvalue weighted by atomic mass is 9.75. The number of rotatable bonds is 0. The van der Waals surface area contributed by atoms with Crippen molar-refractivity contribution in [2.75, 3.05) is 0 Å². The molecule has 1 heteroatoms. The van der Waals surface area contributed by atoms with Crippen LogP contribution in [0.3, 0.4) is 0 Å². The minimum atomic E-state index is 0.0261. The molecular formula is C13H24O. The van der Waals surface area contributed by atoms with Gasteiger partial charge in [-0.2, -0.15) is 0 Å². The summed E-state index contributed by atoms with van der Waals surface area (Å²) in [6.45, 7) is 0. The van der Waals surface area contributed by atoms with Gasteiger partial charge in [-0.3, -0.25) is 0 Å². The van der Waals surface area contributed by atoms with Crippen LogP contribution in [0.1, 0.15) is 64.2 Å². The second-order valence-corrected chi connectivity index (χ2v) is 5.44. The Morgan fingerprint density at radius 1 is 0.643 bits per heavy atom. The largest absolute Gasteiger partial charge is 0.393 e. The van der Waals surface area contributed by atoms with E-state index in [-0.39, 0.29) is 6.10 Å². The van der Waals surface area contributed by atoms with Gasteiger partial charge in [-0.15, -0.1) is 0 Å². The molecule has 2 bridgehead atoms. The smallest absolute Gasteiger partial charge is 0.0545 e. The predicted octanol–water partition coefficient (Wildman–Crippen LogP) is 3.51. The fraction of sp³-hybridized carbons (Fsp3) is 1.00. The normalized spacial score (nSPS) is 40.5. The molecule has 0 radical (unpaired) electrons. The molecule has 1 N–H and O–H groups in total. The molecule has 0 spiro atoms. The molecule has 2 saturated carbocycles. The van der Waals surface area contributed by atoms with Crippen molar-refractivity contribution in [2.45, 2.75) is 70.3 Å². The summed E-state index contributed by atoms with van der Waals surface area (Å²) in [5, 5.41) is 9.79. The Balaban J connectivity index is 1.89. The summed E-state index contributed by atoms with van der Waals surface area (Å²) < 4.78 is 0. The topological polar surface area (TPSA) is 20.2 Å². The van der Waals surface area contributed by atoms with Crippen LogP contribution < -0.4 is 0 Å². The van der Waals surface area contributed by atoms with Gasteiger partial charge < -0.3 is 5.11 Å². The van der Waals surface area contributed by atoms with Gasteiger partial charge >= 0.3 is 0 Å². The molecule has 2 aliphatic carbocycles. The van der Waals surface area contributed by atoms with E-state index in [4.69, 9.17) is 0 Å². The maximum absolute atomic E-state index is 9.79. The van der Waals surface area contributed by atoms with Gasteiger partial charge in [0.05, 0.1) is 6.10 Å². The molecule has 0 heterocycles. The maximum Gasteiger partial charge on any atom is 0.0545 e. The summed E-state index contributed by atoms with van der Waals surface area (Å²) in [7, 11) is 0. The molecule has 14 heavy (non-hydrogen) atoms. The number of fused-ring (bicyclic) bond motifs is 2. The van der Waals surface area contributed by atoms with E-state index in [1.807, 2.05) is 0 Å². The summed E-state index contributed by atoms with van der Waals surface area (Å²) in [5.41, 5.74) is 0. The second-order valence-electron chi connectivity index (χ2n) is 5.44. The van der Waals surface area contributed by atoms with Crippen LogP contribution in [0.25, 0.3) is 0 Å². The van der Waals surface area contributed by atoms with Gasteiger partial charge in [0.15, 0.2) is 0 Å². The van der Waals surface area contributed by atoms with Crippen molar-refractivity contribution < 1.29 is 5.11 Å². The van der Waals surface area contributed by atoms with Crippen molar-refractivity contribution in [1.82, 2.24) is 0 Å². The summed E-state index contributed by atoms with van der Waals surface area (Å²) in [4.78, 5) is 0. The first-order valence-electron chi connectivity index (χ1n) is 6.52. The van der Waals surface area contributed by atoms with E-state index in [2.05, 4.69) is 0 Å². The average Bonchev–Trinajstić information content (AvgIpc) is 2.15. The van der Waals surface area contributed by atoms with E-state index >= 15 is 0 Å². The molecule has 1 unspecified atom stereocenters. The first-order chi connectivity index (χ1) is 6.84. The quantitative estimate of drug-likeness (QED) is 0.628. The SMILES string of the molecule is OC1C[C@H]2CCCCCCC[C@@H](C1)C2. The van der Waals surface area contributed by atoms with Gasteiger partial charge in [-0.05, 0) is 31.1 Å². The zero-order valence-electron chi connectivity index (χ0n) is 9.25. The molecule has 0 aromatic heterocycles. The first kappa shape index (κ1) is 10.5. The minimum absolute atomic E-state index is 0.0261. The standard InChI is InChI=1S/C13H24O/c14-13-9-11-6-4-2-1-3-5-7-12(8-11)10-13/h11-14H,1-10H2/t11-,12+,13?. The molecular weight excluding hydrogens is 172 g/mol. The van der Waals surface area contributed by atoms with Gasteiger partial charge in [0.1, 0.15) is 0 Å². The summed E-state index contributed by atoms with van der Waals surface area (Å²) in [6, 6.07) is 0. The molecule has 3 atom stereocenters. The van der Waals surface area contributed by atoms with Crippen molar-refractivity contribution in [3.63, 3.8) is 0 Å². The summed E-state index contributed by atoms with van der Waals surface area (Å²) >= 11 is 0. The molecule has 0 amide bonds. The molecule has 0 saturated heterocycles. The fourth-order valence-corrected chi connectivity index (χ4v) is 3.40. The van der Waals surface area contributed by atoms with Crippen molar-refractivity contribution >= 4 is 0 Å². The molecule has 0 aromatic carbocycles. The summed E-state index contributed by atoms with van der Waals surface area (Å²) in [5.74, 6) is 1.70. The highest BCUT2D eigenvalue weighted by molar-refractivity contribution is 4.79. The molecule has 2 aliphatic rings. The Morgan fingerprint density at radius 2 is 1.14 bits per heavy atom. The van der Waals surface area contributed by atoms with Gasteiger partial charge in [-0.25, -0.2) is 0 Å². The fourth-order valence-electron chi connectivity index (χ4n) is 3.40. The van der Waals surface area contributed by atoms with Crippen LogP contribution in [0.5, 0.6) is 0 Å². The van der Waals surface area contributed by atoms with Crippen LogP contribution >= 0.6 is 0 Å². The third-order valence-electron chi connectivity index (χ3n) is 4.10. The van der Waals surface area contributed by atoms with Gasteiger partial charge in [0.25, 0.3) is 0 Å². The van der Waals surface area contributed by atoms with Crippen molar-refractivity contribution in [3.8, 4) is 0 Å². The third-order valence-corrected chi connectivity index (χ3v) is 4.10. The second kappa shape index (κ2) is 5.16. The van der Waals surface area contributed by atoms with Crippen molar-refractivity contribution in [1.29, 1.82) is 0 Å². The van der Waals surface area contributed by atoms with Crippen LogP contribution in [0, 0.1) is 11.8 Å². The maximum atomic E-state index is 9.79. The zero-order chi connectivity index (χ0) is 9.80. The Bertz CT molecular complexity index is 151. The minimum Gasteiger partial charge on any atom is -0.393 e. The highest BCUT2D eigenvalue weighted by Crippen LogP contribution is 2.36. The van der Waals surface area contributed by atoms with Gasteiger partial charge in [-0.1, -0.05) is 44.9 Å². The average molecular weight is 196 g/mol.